The molecule has 2 saturated carbocycles. The number of rotatable bonds is 11. The predicted octanol–water partition coefficient (Wildman–Crippen LogP) is 4.25. The highest BCUT2D eigenvalue weighted by molar-refractivity contribution is 8.77. The molecule has 4 aliphatic heterocycles. The Balaban J connectivity index is 1.14. The van der Waals surface area contributed by atoms with E-state index in [2.05, 4.69) is 10.6 Å². The monoisotopic (exact) mass is 998 g/mol. The third-order valence-electron chi connectivity index (χ3n) is 17.6. The van der Waals surface area contributed by atoms with Gasteiger partial charge in [-0.2, -0.15) is 0 Å². The summed E-state index contributed by atoms with van der Waals surface area (Å²) in [7, 11) is 5.24. The minimum Gasteiger partial charge on any atom is -0.481 e. The van der Waals surface area contributed by atoms with Crippen molar-refractivity contribution in [3.05, 3.63) is 98.2 Å². The molecular formula is C53H66N4O11S2. The Labute approximate surface area is 415 Å². The number of aliphatic hydroxyl groups is 4. The van der Waals surface area contributed by atoms with Gasteiger partial charge in [0.1, 0.15) is 11.3 Å². The first-order valence-corrected chi connectivity index (χ1v) is 27.4. The molecule has 70 heavy (non-hydrogen) atoms. The highest BCUT2D eigenvalue weighted by atomic mass is 33.1. The molecule has 376 valence electrons. The number of nitrogens with zero attached hydrogens (tertiary/aromatic N) is 1. The van der Waals surface area contributed by atoms with Crippen LogP contribution < -0.4 is 26.7 Å². The number of nitrogens with one attached hydrogen (secondary N) is 2. The minimum absolute atomic E-state index is 0.0354. The Morgan fingerprint density at radius 2 is 1.91 bits per heavy atom. The fourth-order valence-corrected chi connectivity index (χ4v) is 17.2. The van der Waals surface area contributed by atoms with Gasteiger partial charge in [-0.3, -0.25) is 9.59 Å². The van der Waals surface area contributed by atoms with E-state index in [0.717, 1.165) is 41.5 Å². The van der Waals surface area contributed by atoms with Crippen LogP contribution in [0, 0.1) is 29.6 Å². The van der Waals surface area contributed by atoms with Crippen LogP contribution in [-0.2, 0) is 31.0 Å². The molecule has 2 aromatic rings. The van der Waals surface area contributed by atoms with E-state index in [-0.39, 0.29) is 110 Å². The van der Waals surface area contributed by atoms with Gasteiger partial charge in [0.05, 0.1) is 36.9 Å². The molecule has 8 aliphatic rings. The van der Waals surface area contributed by atoms with Gasteiger partial charge in [-0.25, -0.2) is 9.59 Å². The number of ketones is 1. The number of amides is 1. The van der Waals surface area contributed by atoms with Gasteiger partial charge < -0.3 is 55.6 Å². The molecule has 8 N–H and O–H groups in total. The number of fused-ring (bicyclic) bond motifs is 7. The maximum absolute atomic E-state index is 15.1. The molecule has 5 heterocycles. The summed E-state index contributed by atoms with van der Waals surface area (Å²) in [5.74, 6) is -1.42. The lowest BCUT2D eigenvalue weighted by atomic mass is 9.57. The topological polar surface area (TPSA) is 234 Å². The molecule has 17 heteroatoms. The molecule has 1 spiro atoms. The largest absolute Gasteiger partial charge is 0.481 e. The number of nitrogens with two attached hydrogens (primary N) is 1. The van der Waals surface area contributed by atoms with Crippen molar-refractivity contribution in [2.75, 3.05) is 45.8 Å². The Morgan fingerprint density at radius 1 is 1.11 bits per heavy atom. The Bertz CT molecular complexity index is 2670. The normalized spacial score (nSPS) is 33.8. The molecule has 3 fully saturated rings. The van der Waals surface area contributed by atoms with Gasteiger partial charge in [-0.05, 0) is 93.5 Å². The lowest BCUT2D eigenvalue weighted by Crippen LogP contribution is -2.75. The van der Waals surface area contributed by atoms with Crippen molar-refractivity contribution in [2.45, 2.75) is 118 Å². The molecule has 1 amide bonds. The molecule has 15 nitrogen and oxygen atoms in total. The zero-order chi connectivity index (χ0) is 49.3. The first kappa shape index (κ1) is 49.2. The summed E-state index contributed by atoms with van der Waals surface area (Å²) in [6.45, 7) is 2.75. The summed E-state index contributed by atoms with van der Waals surface area (Å²) >= 11 is 0. The van der Waals surface area contributed by atoms with E-state index in [1.807, 2.05) is 42.3 Å². The molecular weight excluding hydrogens is 933 g/mol. The molecule has 4 aliphatic carbocycles. The highest BCUT2D eigenvalue weighted by Crippen LogP contribution is 2.60. The number of hydrogen-bond donors (Lipinski definition) is 7. The van der Waals surface area contributed by atoms with E-state index in [1.54, 1.807) is 53.7 Å². The lowest BCUT2D eigenvalue weighted by Gasteiger charge is -2.62. The molecule has 11 atom stereocenters. The van der Waals surface area contributed by atoms with Crippen LogP contribution >= 0.6 is 21.6 Å². The van der Waals surface area contributed by atoms with E-state index < -0.39 is 46.7 Å². The standard InChI is InChI=1S/C53H66N4O11S2/c1-4-28(10-14-58)49(64)68-51(2)34(26-61)17-32-27-69-70-42-20-36-39(62)9-8-38-45(47(36)55-3)48(42)57(38)44(63)19-31-24-56-43(54)21-35(31)46(32)53(51)23-30-16-29-18-37(50(65)66-40(29)22-41(30)67-53)52(12-6-5-7-13-52)33(25-60)11-15-59/h4,8-9,16-18,21-22,33-34,36,38,42,45-48,55-56,58-61H,5-7,10-15,19-20,23-27,54H2,1-3H3/b28-4+/t33-,34-,36+,38-,42-,45-,46-,47-,48+,51+,53+/m0/s1. The Morgan fingerprint density at radius 3 is 2.63 bits per heavy atom. The van der Waals surface area contributed by atoms with E-state index >= 15 is 4.79 Å². The number of ether oxygens (including phenoxy) is 2. The first-order chi connectivity index (χ1) is 33.8. The second-order valence-electron chi connectivity index (χ2n) is 20.8. The average molecular weight is 999 g/mol. The van der Waals surface area contributed by atoms with Gasteiger partial charge in [0.25, 0.3) is 0 Å². The van der Waals surface area contributed by atoms with Gasteiger partial charge in [-0.15, -0.1) is 0 Å². The summed E-state index contributed by atoms with van der Waals surface area (Å²) in [6, 6.07) is 5.16. The fourth-order valence-electron chi connectivity index (χ4n) is 14.2. The first-order valence-electron chi connectivity index (χ1n) is 25.0. The van der Waals surface area contributed by atoms with Crippen molar-refractivity contribution in [3.63, 3.8) is 0 Å². The maximum Gasteiger partial charge on any atom is 0.340 e. The van der Waals surface area contributed by atoms with Crippen molar-refractivity contribution in [2.24, 2.45) is 35.3 Å². The molecule has 1 aromatic heterocycles. The SMILES string of the molecule is C/C=C(\CCO)C(=O)O[C@]1(C)[C@H](CO)C=C2CSS[C@H]3C[C@@H]4C(=O)C=C[C@H]5[C@@H]([C@H]4NC)[C@@H]3N5C(=O)CC3=C(C=C(N)NC3)[C@H]2[C@]12Cc1cc3cc(C4([C@H](CO)CCO)CCCCC4)c(=O)oc3cc1O2. The van der Waals surface area contributed by atoms with Crippen LogP contribution in [0.15, 0.2) is 85.9 Å². The van der Waals surface area contributed by atoms with E-state index in [0.29, 0.717) is 54.0 Å². The molecule has 0 unspecified atom stereocenters. The van der Waals surface area contributed by atoms with Crippen LogP contribution in [-0.4, -0.2) is 123 Å². The van der Waals surface area contributed by atoms with Crippen molar-refractivity contribution < 1.29 is 48.7 Å². The van der Waals surface area contributed by atoms with Crippen LogP contribution in [0.3, 0.4) is 0 Å². The van der Waals surface area contributed by atoms with E-state index in [1.165, 1.54) is 0 Å². The number of hydrogen-bond acceptors (Lipinski definition) is 16. The summed E-state index contributed by atoms with van der Waals surface area (Å²) in [4.78, 5) is 59.4. The minimum atomic E-state index is -1.60. The predicted molar refractivity (Wildman–Crippen MR) is 267 cm³/mol. The van der Waals surface area contributed by atoms with Crippen LogP contribution in [0.4, 0.5) is 0 Å². The summed E-state index contributed by atoms with van der Waals surface area (Å²) in [5.41, 5.74) is 6.59. The van der Waals surface area contributed by atoms with Gasteiger partial charge >= 0.3 is 11.6 Å². The van der Waals surface area contributed by atoms with Crippen LogP contribution in [0.2, 0.25) is 0 Å². The third-order valence-corrected chi connectivity index (χ3v) is 20.4. The van der Waals surface area contributed by atoms with Gasteiger partial charge in [0.15, 0.2) is 17.0 Å². The van der Waals surface area contributed by atoms with Crippen LogP contribution in [0.1, 0.15) is 82.8 Å². The molecule has 2 bridgehead atoms. The quantitative estimate of drug-likeness (QED) is 0.0548. The average Bonchev–Trinajstić information content (AvgIpc) is 3.71. The second-order valence-corrected chi connectivity index (χ2v) is 23.4. The van der Waals surface area contributed by atoms with E-state index in [4.69, 9.17) is 19.6 Å². The number of carbonyl (C=O) groups is 3. The second kappa shape index (κ2) is 19.2. The summed E-state index contributed by atoms with van der Waals surface area (Å²) < 4.78 is 20.5. The number of allylic oxidation sites excluding steroid dienone is 3. The van der Waals surface area contributed by atoms with Crippen LogP contribution in [0.25, 0.3) is 11.0 Å². The number of benzene rings is 1. The Hall–Kier alpha value is -4.36. The van der Waals surface area contributed by atoms with Crippen LogP contribution in [0.5, 0.6) is 5.75 Å². The number of dihydropyridines is 1. The van der Waals surface area contributed by atoms with Gasteiger partial charge in [-0.1, -0.05) is 64.7 Å². The Kier molecular flexibility index (Phi) is 13.5. The number of esters is 1. The molecule has 0 radical (unpaired) electrons. The zero-order valence-corrected chi connectivity index (χ0v) is 41.7. The summed E-state index contributed by atoms with van der Waals surface area (Å²) in [6.07, 6.45) is 14.4. The van der Waals surface area contributed by atoms with Crippen molar-refractivity contribution >= 4 is 50.2 Å². The third kappa shape index (κ3) is 7.74. The maximum atomic E-state index is 15.1. The van der Waals surface area contributed by atoms with Gasteiger partial charge in [0.2, 0.25) is 5.91 Å². The molecule has 1 saturated heterocycles. The molecule has 10 rings (SSSR count). The molecule has 1 aromatic carbocycles. The highest BCUT2D eigenvalue weighted by Gasteiger charge is 2.68. The number of carbonyl (C=O) groups excluding carboxylic acids is 3. The summed E-state index contributed by atoms with van der Waals surface area (Å²) in [5, 5.41) is 49.7. The van der Waals surface area contributed by atoms with E-state index in [9.17, 15) is 34.8 Å². The van der Waals surface area contributed by atoms with Crippen molar-refractivity contribution in [1.29, 1.82) is 0 Å². The van der Waals surface area contributed by atoms with Crippen molar-refractivity contribution in [3.8, 4) is 5.75 Å². The number of aliphatic hydroxyl groups excluding tert-OH is 4. The smallest absolute Gasteiger partial charge is 0.340 e. The van der Waals surface area contributed by atoms with Gasteiger partial charge in [0, 0.05) is 102 Å². The zero-order valence-electron chi connectivity index (χ0n) is 40.1. The lowest BCUT2D eigenvalue weighted by molar-refractivity contribution is -0.202. The van der Waals surface area contributed by atoms with Crippen molar-refractivity contribution in [1.82, 2.24) is 15.5 Å². The fraction of sp³-hybridized carbons (Fsp3) is 0.585.